The normalized spacial score (nSPS) is 18.3. The Morgan fingerprint density at radius 1 is 1.23 bits per heavy atom. The highest BCUT2D eigenvalue weighted by atomic mass is 15.0. The molecule has 1 aliphatic carbocycles. The highest BCUT2D eigenvalue weighted by Crippen LogP contribution is 2.30. The van der Waals surface area contributed by atoms with Crippen LogP contribution >= 0.6 is 0 Å². The van der Waals surface area contributed by atoms with Crippen LogP contribution in [-0.4, -0.2) is 5.96 Å². The van der Waals surface area contributed by atoms with Crippen LogP contribution in [0.4, 0.5) is 0 Å². The predicted molar refractivity (Wildman–Crippen MR) is 54.0 cm³/mol. The molecule has 0 spiro atoms. The molecule has 0 saturated heterocycles. The van der Waals surface area contributed by atoms with Gasteiger partial charge in [0.2, 0.25) is 0 Å². The number of nitrogens with zero attached hydrogens (tertiary/aromatic N) is 1. The van der Waals surface area contributed by atoms with E-state index in [9.17, 15) is 0 Å². The molecule has 1 aromatic carbocycles. The number of benzene rings is 1. The van der Waals surface area contributed by atoms with E-state index in [1.54, 1.807) is 0 Å². The van der Waals surface area contributed by atoms with Gasteiger partial charge in [-0.1, -0.05) is 36.4 Å². The van der Waals surface area contributed by atoms with Crippen molar-refractivity contribution in [2.24, 2.45) is 16.5 Å². The zero-order valence-electron chi connectivity index (χ0n) is 7.14. The first-order valence-electron chi connectivity index (χ1n) is 4.13. The average molecular weight is 173 g/mol. The third-order valence-corrected chi connectivity index (χ3v) is 2.06. The molecule has 13 heavy (non-hydrogen) atoms. The molecule has 1 aromatic rings. The molecule has 0 heterocycles. The summed E-state index contributed by atoms with van der Waals surface area (Å²) >= 11 is 0. The Bertz CT molecular complexity index is 376. The molecule has 3 nitrogen and oxygen atoms in total. The van der Waals surface area contributed by atoms with Crippen LogP contribution in [-0.2, 0) is 0 Å². The minimum atomic E-state index is 0.00111. The van der Waals surface area contributed by atoms with Crippen LogP contribution in [0.15, 0.2) is 35.3 Å². The van der Waals surface area contributed by atoms with Gasteiger partial charge < -0.3 is 11.5 Å². The van der Waals surface area contributed by atoms with Crippen molar-refractivity contribution >= 4 is 12.0 Å². The molecule has 0 amide bonds. The van der Waals surface area contributed by atoms with Crippen molar-refractivity contribution in [1.82, 2.24) is 0 Å². The van der Waals surface area contributed by atoms with Crippen LogP contribution in [0.2, 0.25) is 0 Å². The molecule has 0 bridgehead atoms. The van der Waals surface area contributed by atoms with E-state index >= 15 is 0 Å². The maximum atomic E-state index is 5.32. The van der Waals surface area contributed by atoms with Crippen LogP contribution in [0.3, 0.4) is 0 Å². The Kier molecular flexibility index (Phi) is 1.77. The molecule has 1 aliphatic rings. The first kappa shape index (κ1) is 7.86. The van der Waals surface area contributed by atoms with E-state index in [0.29, 0.717) is 0 Å². The van der Waals surface area contributed by atoms with Crippen LogP contribution in [0.25, 0.3) is 6.08 Å². The van der Waals surface area contributed by atoms with Gasteiger partial charge in [-0.15, -0.1) is 0 Å². The molecule has 0 saturated carbocycles. The number of guanidine groups is 1. The summed E-state index contributed by atoms with van der Waals surface area (Å²) in [6, 6.07) is 8.07. The van der Waals surface area contributed by atoms with Crippen molar-refractivity contribution in [3.8, 4) is 0 Å². The Labute approximate surface area is 76.8 Å². The van der Waals surface area contributed by atoms with E-state index < -0.39 is 0 Å². The summed E-state index contributed by atoms with van der Waals surface area (Å²) in [7, 11) is 0. The van der Waals surface area contributed by atoms with Crippen LogP contribution in [0.1, 0.15) is 17.2 Å². The highest BCUT2D eigenvalue weighted by Gasteiger charge is 2.14. The quantitative estimate of drug-likeness (QED) is 0.492. The predicted octanol–water partition coefficient (Wildman–Crippen LogP) is 1.03. The van der Waals surface area contributed by atoms with E-state index in [4.69, 9.17) is 11.5 Å². The zero-order chi connectivity index (χ0) is 9.26. The number of rotatable bonds is 1. The van der Waals surface area contributed by atoms with Gasteiger partial charge in [0.05, 0.1) is 6.04 Å². The second-order valence-corrected chi connectivity index (χ2v) is 2.99. The van der Waals surface area contributed by atoms with Gasteiger partial charge in [0.1, 0.15) is 0 Å². The Balaban J connectivity index is 2.39. The molecule has 0 aliphatic heterocycles. The number of hydrogen-bond acceptors (Lipinski definition) is 1. The lowest BCUT2D eigenvalue weighted by Crippen LogP contribution is -2.23. The smallest absolute Gasteiger partial charge is 0.186 e. The Morgan fingerprint density at radius 2 is 2.00 bits per heavy atom. The molecule has 4 N–H and O–H groups in total. The molecule has 1 atom stereocenters. The first-order valence-corrected chi connectivity index (χ1v) is 4.13. The van der Waals surface area contributed by atoms with Gasteiger partial charge in [-0.2, -0.15) is 0 Å². The molecule has 1 unspecified atom stereocenters. The van der Waals surface area contributed by atoms with Crippen LogP contribution in [0.5, 0.6) is 0 Å². The number of nitrogens with two attached hydrogens (primary N) is 2. The fourth-order valence-electron chi connectivity index (χ4n) is 1.50. The maximum absolute atomic E-state index is 5.32. The summed E-state index contributed by atoms with van der Waals surface area (Å²) in [5.74, 6) is 0.131. The standard InChI is InChI=1S/C10H11N3/c11-10(12)13-9-6-5-7-3-1-2-4-8(7)9/h1-6,9H,(H4,11,12,13). The number of aliphatic imine (C=N–C) groups is 1. The molecule has 2 rings (SSSR count). The monoisotopic (exact) mass is 173 g/mol. The fourth-order valence-corrected chi connectivity index (χ4v) is 1.50. The van der Waals surface area contributed by atoms with Crippen molar-refractivity contribution < 1.29 is 0 Å². The third kappa shape index (κ3) is 1.40. The SMILES string of the molecule is NC(N)=NC1C=Cc2ccccc21. The van der Waals surface area contributed by atoms with Crippen molar-refractivity contribution in [3.05, 3.63) is 41.5 Å². The van der Waals surface area contributed by atoms with Gasteiger partial charge in [-0.3, -0.25) is 0 Å². The molecular formula is C10H11N3. The van der Waals surface area contributed by atoms with Gasteiger partial charge in [0, 0.05) is 0 Å². The van der Waals surface area contributed by atoms with Crippen molar-refractivity contribution in [2.75, 3.05) is 0 Å². The Hall–Kier alpha value is -1.77. The third-order valence-electron chi connectivity index (χ3n) is 2.06. The molecule has 66 valence electrons. The van der Waals surface area contributed by atoms with Gasteiger partial charge in [0.25, 0.3) is 0 Å². The summed E-state index contributed by atoms with van der Waals surface area (Å²) < 4.78 is 0. The molecule has 0 radical (unpaired) electrons. The van der Waals surface area contributed by atoms with E-state index in [0.717, 1.165) is 5.56 Å². The summed E-state index contributed by atoms with van der Waals surface area (Å²) in [5.41, 5.74) is 13.0. The fraction of sp³-hybridized carbons (Fsp3) is 0.100. The van der Waals surface area contributed by atoms with Crippen molar-refractivity contribution in [1.29, 1.82) is 0 Å². The largest absolute Gasteiger partial charge is 0.370 e. The second kappa shape index (κ2) is 2.94. The van der Waals surface area contributed by atoms with Gasteiger partial charge >= 0.3 is 0 Å². The molecular weight excluding hydrogens is 162 g/mol. The van der Waals surface area contributed by atoms with Crippen LogP contribution in [0, 0.1) is 0 Å². The lowest BCUT2D eigenvalue weighted by Gasteiger charge is -2.05. The van der Waals surface area contributed by atoms with Crippen LogP contribution < -0.4 is 11.5 Å². The zero-order valence-corrected chi connectivity index (χ0v) is 7.14. The summed E-state index contributed by atoms with van der Waals surface area (Å²) in [5, 5.41) is 0. The second-order valence-electron chi connectivity index (χ2n) is 2.99. The lowest BCUT2D eigenvalue weighted by atomic mass is 10.1. The summed E-state index contributed by atoms with van der Waals surface area (Å²) in [6.45, 7) is 0. The van der Waals surface area contributed by atoms with Crippen molar-refractivity contribution in [3.63, 3.8) is 0 Å². The van der Waals surface area contributed by atoms with Gasteiger partial charge in [-0.25, -0.2) is 4.99 Å². The minimum absolute atomic E-state index is 0.00111. The van der Waals surface area contributed by atoms with E-state index in [1.807, 2.05) is 36.4 Å². The van der Waals surface area contributed by atoms with Gasteiger partial charge in [0.15, 0.2) is 5.96 Å². The summed E-state index contributed by atoms with van der Waals surface area (Å²) in [6.07, 6.45) is 4.02. The number of fused-ring (bicyclic) bond motifs is 1. The average Bonchev–Trinajstić information content (AvgIpc) is 2.48. The van der Waals surface area contributed by atoms with Crippen molar-refractivity contribution in [2.45, 2.75) is 6.04 Å². The maximum Gasteiger partial charge on any atom is 0.186 e. The van der Waals surface area contributed by atoms with Gasteiger partial charge in [-0.05, 0) is 11.1 Å². The topological polar surface area (TPSA) is 64.4 Å². The van der Waals surface area contributed by atoms with E-state index in [2.05, 4.69) is 4.99 Å². The first-order chi connectivity index (χ1) is 6.27. The lowest BCUT2D eigenvalue weighted by molar-refractivity contribution is 0.924. The molecule has 0 fully saturated rings. The number of hydrogen-bond donors (Lipinski definition) is 2. The Morgan fingerprint density at radius 3 is 2.77 bits per heavy atom. The summed E-state index contributed by atoms with van der Waals surface area (Å²) in [4.78, 5) is 4.10. The van der Waals surface area contributed by atoms with E-state index in [1.165, 1.54) is 5.56 Å². The van der Waals surface area contributed by atoms with E-state index in [-0.39, 0.29) is 12.0 Å². The molecule has 3 heteroatoms. The highest BCUT2D eigenvalue weighted by molar-refractivity contribution is 5.77. The minimum Gasteiger partial charge on any atom is -0.370 e. The molecule has 0 aromatic heterocycles.